The second-order valence-electron chi connectivity index (χ2n) is 3.62. The minimum absolute atomic E-state index is 0.0432. The zero-order valence-electron chi connectivity index (χ0n) is 9.17. The predicted molar refractivity (Wildman–Crippen MR) is 63.0 cm³/mol. The lowest BCUT2D eigenvalue weighted by Gasteiger charge is -2.08. The molecule has 0 aliphatic heterocycles. The number of halogens is 2. The molecule has 0 fully saturated rings. The van der Waals surface area contributed by atoms with E-state index in [2.05, 4.69) is 10.3 Å². The Morgan fingerprint density at radius 2 is 1.94 bits per heavy atom. The first-order valence-electron chi connectivity index (χ1n) is 5.01. The summed E-state index contributed by atoms with van der Waals surface area (Å²) in [6.45, 7) is 1.74. The highest BCUT2D eigenvalue weighted by atomic mass is 19.1. The maximum absolute atomic E-state index is 13.4. The number of anilines is 3. The monoisotopic (exact) mass is 235 g/mol. The minimum atomic E-state index is -0.539. The normalized spacial score (nSPS) is 10.3. The zero-order chi connectivity index (χ0) is 12.4. The van der Waals surface area contributed by atoms with Crippen molar-refractivity contribution >= 4 is 17.2 Å². The van der Waals surface area contributed by atoms with Crippen LogP contribution in [0, 0.1) is 18.6 Å². The lowest BCUT2D eigenvalue weighted by Crippen LogP contribution is -2.00. The molecule has 0 atom stereocenters. The van der Waals surface area contributed by atoms with Crippen molar-refractivity contribution in [3.8, 4) is 0 Å². The van der Waals surface area contributed by atoms with Gasteiger partial charge in [0.1, 0.15) is 17.5 Å². The second-order valence-corrected chi connectivity index (χ2v) is 3.62. The average molecular weight is 235 g/mol. The van der Waals surface area contributed by atoms with Gasteiger partial charge in [0.2, 0.25) is 0 Å². The SMILES string of the molecule is Cc1nc(Nc2cc(F)ccc2F)ccc1N. The van der Waals surface area contributed by atoms with Crippen molar-refractivity contribution in [3.05, 3.63) is 47.7 Å². The largest absolute Gasteiger partial charge is 0.397 e. The number of nitrogens with two attached hydrogens (primary N) is 1. The van der Waals surface area contributed by atoms with E-state index in [1.165, 1.54) is 0 Å². The molecule has 0 radical (unpaired) electrons. The first-order valence-corrected chi connectivity index (χ1v) is 5.01. The molecule has 1 heterocycles. The molecule has 0 aliphatic rings. The molecule has 0 aliphatic carbocycles. The Bertz CT molecular complexity index is 555. The molecule has 2 aromatic rings. The molecule has 88 valence electrons. The third-order valence-electron chi connectivity index (χ3n) is 2.32. The summed E-state index contributed by atoms with van der Waals surface area (Å²) >= 11 is 0. The summed E-state index contributed by atoms with van der Waals surface area (Å²) in [7, 11) is 0. The standard InChI is InChI=1S/C12H11F2N3/c1-7-10(15)4-5-12(16-7)17-11-6-8(13)2-3-9(11)14/h2-6H,15H2,1H3,(H,16,17). The second kappa shape index (κ2) is 4.37. The molecule has 0 saturated heterocycles. The molecule has 1 aromatic carbocycles. The number of nitrogens with one attached hydrogen (secondary N) is 1. The van der Waals surface area contributed by atoms with E-state index in [0.717, 1.165) is 18.2 Å². The molecule has 5 heteroatoms. The van der Waals surface area contributed by atoms with Gasteiger partial charge in [-0.25, -0.2) is 13.8 Å². The van der Waals surface area contributed by atoms with Gasteiger partial charge in [0, 0.05) is 6.07 Å². The van der Waals surface area contributed by atoms with E-state index in [9.17, 15) is 8.78 Å². The van der Waals surface area contributed by atoms with Crippen molar-refractivity contribution in [3.63, 3.8) is 0 Å². The first kappa shape index (κ1) is 11.3. The summed E-state index contributed by atoms with van der Waals surface area (Å²) in [4.78, 5) is 4.11. The van der Waals surface area contributed by atoms with E-state index in [-0.39, 0.29) is 5.69 Å². The fraction of sp³-hybridized carbons (Fsp3) is 0.0833. The van der Waals surface area contributed by atoms with Gasteiger partial charge in [-0.1, -0.05) is 0 Å². The fourth-order valence-electron chi connectivity index (χ4n) is 1.37. The number of pyridine rings is 1. The van der Waals surface area contributed by atoms with Gasteiger partial charge >= 0.3 is 0 Å². The van der Waals surface area contributed by atoms with Gasteiger partial charge in [0.25, 0.3) is 0 Å². The maximum atomic E-state index is 13.4. The van der Waals surface area contributed by atoms with Crippen molar-refractivity contribution in [2.24, 2.45) is 0 Å². The van der Waals surface area contributed by atoms with Crippen LogP contribution in [0.15, 0.2) is 30.3 Å². The Morgan fingerprint density at radius 1 is 1.18 bits per heavy atom. The Hall–Kier alpha value is -2.17. The van der Waals surface area contributed by atoms with Gasteiger partial charge < -0.3 is 11.1 Å². The van der Waals surface area contributed by atoms with Gasteiger partial charge in [0.05, 0.1) is 17.1 Å². The van der Waals surface area contributed by atoms with Crippen LogP contribution in [0.5, 0.6) is 0 Å². The molecule has 0 spiro atoms. The molecule has 0 bridgehead atoms. The maximum Gasteiger partial charge on any atom is 0.146 e. The number of nitrogen functional groups attached to an aromatic ring is 1. The van der Waals surface area contributed by atoms with Crippen LogP contribution in [-0.4, -0.2) is 4.98 Å². The average Bonchev–Trinajstić information content (AvgIpc) is 2.29. The van der Waals surface area contributed by atoms with Crippen LogP contribution in [0.25, 0.3) is 0 Å². The molecule has 2 rings (SSSR count). The van der Waals surface area contributed by atoms with Gasteiger partial charge in [0.15, 0.2) is 0 Å². The van der Waals surface area contributed by atoms with E-state index in [1.54, 1.807) is 19.1 Å². The number of rotatable bonds is 2. The van der Waals surface area contributed by atoms with Crippen LogP contribution in [0.4, 0.5) is 26.0 Å². The fourth-order valence-corrected chi connectivity index (χ4v) is 1.37. The molecular formula is C12H11F2N3. The summed E-state index contributed by atoms with van der Waals surface area (Å²) < 4.78 is 26.3. The zero-order valence-corrected chi connectivity index (χ0v) is 9.17. The van der Waals surface area contributed by atoms with Crippen LogP contribution in [-0.2, 0) is 0 Å². The molecule has 1 aromatic heterocycles. The Balaban J connectivity index is 2.31. The third kappa shape index (κ3) is 2.50. The van der Waals surface area contributed by atoms with Crippen LogP contribution in [0.1, 0.15) is 5.69 Å². The van der Waals surface area contributed by atoms with Gasteiger partial charge in [-0.15, -0.1) is 0 Å². The van der Waals surface area contributed by atoms with Gasteiger partial charge in [-0.3, -0.25) is 0 Å². The number of aryl methyl sites for hydroxylation is 1. The quantitative estimate of drug-likeness (QED) is 0.841. The van der Waals surface area contributed by atoms with E-state index in [0.29, 0.717) is 17.2 Å². The van der Waals surface area contributed by atoms with Crippen molar-refractivity contribution in [2.75, 3.05) is 11.1 Å². The van der Waals surface area contributed by atoms with Gasteiger partial charge in [-0.05, 0) is 31.2 Å². The third-order valence-corrected chi connectivity index (χ3v) is 2.32. The van der Waals surface area contributed by atoms with E-state index < -0.39 is 11.6 Å². The highest BCUT2D eigenvalue weighted by Gasteiger charge is 2.05. The Kier molecular flexibility index (Phi) is 2.91. The summed E-state index contributed by atoms with van der Waals surface area (Å²) in [5, 5.41) is 2.70. The van der Waals surface area contributed by atoms with Crippen molar-refractivity contribution in [1.29, 1.82) is 0 Å². The van der Waals surface area contributed by atoms with Crippen LogP contribution in [0.2, 0.25) is 0 Å². The van der Waals surface area contributed by atoms with Crippen LogP contribution >= 0.6 is 0 Å². The van der Waals surface area contributed by atoms with Crippen LogP contribution < -0.4 is 11.1 Å². The number of aromatic nitrogens is 1. The lowest BCUT2D eigenvalue weighted by atomic mass is 10.2. The van der Waals surface area contributed by atoms with E-state index in [4.69, 9.17) is 5.73 Å². The summed E-state index contributed by atoms with van der Waals surface area (Å²) in [5.41, 5.74) is 6.84. The molecule has 17 heavy (non-hydrogen) atoms. The number of hydrogen-bond donors (Lipinski definition) is 2. The molecule has 0 saturated carbocycles. The van der Waals surface area contributed by atoms with Crippen molar-refractivity contribution < 1.29 is 8.78 Å². The molecule has 0 unspecified atom stereocenters. The smallest absolute Gasteiger partial charge is 0.146 e. The molecular weight excluding hydrogens is 224 g/mol. The highest BCUT2D eigenvalue weighted by molar-refractivity contribution is 5.59. The highest BCUT2D eigenvalue weighted by Crippen LogP contribution is 2.21. The molecule has 3 N–H and O–H groups in total. The molecule has 0 amide bonds. The van der Waals surface area contributed by atoms with Crippen LogP contribution in [0.3, 0.4) is 0 Å². The van der Waals surface area contributed by atoms with E-state index in [1.807, 2.05) is 0 Å². The first-order chi connectivity index (χ1) is 8.06. The Labute approximate surface area is 97.3 Å². The summed E-state index contributed by atoms with van der Waals surface area (Å²) in [6, 6.07) is 6.45. The predicted octanol–water partition coefficient (Wildman–Crippen LogP) is 2.99. The minimum Gasteiger partial charge on any atom is -0.397 e. The number of hydrogen-bond acceptors (Lipinski definition) is 3. The summed E-state index contributed by atoms with van der Waals surface area (Å²) in [6.07, 6.45) is 0. The summed E-state index contributed by atoms with van der Waals surface area (Å²) in [5.74, 6) is -0.634. The Morgan fingerprint density at radius 3 is 2.65 bits per heavy atom. The van der Waals surface area contributed by atoms with Gasteiger partial charge in [-0.2, -0.15) is 0 Å². The lowest BCUT2D eigenvalue weighted by molar-refractivity contribution is 0.603. The topological polar surface area (TPSA) is 50.9 Å². The van der Waals surface area contributed by atoms with Crippen molar-refractivity contribution in [2.45, 2.75) is 6.92 Å². The molecule has 3 nitrogen and oxygen atoms in total. The van der Waals surface area contributed by atoms with E-state index >= 15 is 0 Å². The number of benzene rings is 1. The van der Waals surface area contributed by atoms with Crippen molar-refractivity contribution in [1.82, 2.24) is 4.98 Å². The number of nitrogens with zero attached hydrogens (tertiary/aromatic N) is 1.